The van der Waals surface area contributed by atoms with Gasteiger partial charge in [-0.1, -0.05) is 37.1 Å². The first-order valence-electron chi connectivity index (χ1n) is 6.51. The first kappa shape index (κ1) is 10.6. The van der Waals surface area contributed by atoms with Crippen LogP contribution in [-0.4, -0.2) is 11.5 Å². The van der Waals surface area contributed by atoms with Crippen LogP contribution in [0, 0.1) is 5.92 Å². The van der Waals surface area contributed by atoms with Crippen LogP contribution in [-0.2, 0) is 0 Å². The molecule has 1 aliphatic carbocycles. The van der Waals surface area contributed by atoms with E-state index in [4.69, 9.17) is 0 Å². The van der Waals surface area contributed by atoms with Crippen LogP contribution in [0.15, 0.2) is 36.5 Å². The number of fused-ring (bicyclic) bond motifs is 1. The summed E-state index contributed by atoms with van der Waals surface area (Å²) in [7, 11) is 0. The number of hydrogen-bond acceptors (Lipinski definition) is 2. The van der Waals surface area contributed by atoms with Gasteiger partial charge in [0.15, 0.2) is 0 Å². The third-order valence-electron chi connectivity index (χ3n) is 3.45. The lowest BCUT2D eigenvalue weighted by Crippen LogP contribution is -2.03. The van der Waals surface area contributed by atoms with Gasteiger partial charge in [-0.05, 0) is 30.2 Å². The van der Waals surface area contributed by atoms with Crippen LogP contribution in [0.4, 0.5) is 5.82 Å². The van der Waals surface area contributed by atoms with E-state index in [1.165, 1.54) is 36.5 Å². The maximum absolute atomic E-state index is 4.43. The monoisotopic (exact) mass is 226 g/mol. The van der Waals surface area contributed by atoms with E-state index in [2.05, 4.69) is 40.6 Å². The smallest absolute Gasteiger partial charge is 0.133 e. The van der Waals surface area contributed by atoms with Gasteiger partial charge in [0, 0.05) is 18.1 Å². The van der Waals surface area contributed by atoms with E-state index in [-0.39, 0.29) is 0 Å². The highest BCUT2D eigenvalue weighted by Crippen LogP contribution is 2.33. The van der Waals surface area contributed by atoms with Crippen LogP contribution in [0.1, 0.15) is 25.7 Å². The van der Waals surface area contributed by atoms with Gasteiger partial charge in [0.05, 0.1) is 0 Å². The van der Waals surface area contributed by atoms with Crippen LogP contribution in [0.5, 0.6) is 0 Å². The maximum atomic E-state index is 4.43. The number of anilines is 1. The Morgan fingerprint density at radius 2 is 2.06 bits per heavy atom. The van der Waals surface area contributed by atoms with Crippen molar-refractivity contribution in [2.45, 2.75) is 25.7 Å². The molecule has 0 aliphatic heterocycles. The molecule has 0 unspecified atom stereocenters. The topological polar surface area (TPSA) is 24.9 Å². The minimum atomic E-state index is 1.03. The Bertz CT molecular complexity index is 498. The predicted octanol–water partition coefficient (Wildman–Crippen LogP) is 3.84. The van der Waals surface area contributed by atoms with Crippen molar-refractivity contribution in [3.63, 3.8) is 0 Å². The average molecular weight is 226 g/mol. The highest BCUT2D eigenvalue weighted by Gasteiger charge is 2.19. The lowest BCUT2D eigenvalue weighted by molar-refractivity contribution is 0.687. The van der Waals surface area contributed by atoms with E-state index < -0.39 is 0 Å². The normalized spacial score (nSPS) is 15.1. The van der Waals surface area contributed by atoms with Gasteiger partial charge in [-0.3, -0.25) is 0 Å². The SMILES string of the molecule is c1ccc2c(NCCCC3CC3)nccc2c1. The number of benzene rings is 1. The Morgan fingerprint density at radius 1 is 1.18 bits per heavy atom. The summed E-state index contributed by atoms with van der Waals surface area (Å²) >= 11 is 0. The fraction of sp³-hybridized carbons (Fsp3) is 0.400. The molecule has 1 fully saturated rings. The first-order chi connectivity index (χ1) is 8.43. The molecular weight excluding hydrogens is 208 g/mol. The largest absolute Gasteiger partial charge is 0.370 e. The average Bonchev–Trinajstić information content (AvgIpc) is 3.19. The molecule has 0 amide bonds. The molecule has 2 heteroatoms. The molecule has 1 aliphatic rings. The van der Waals surface area contributed by atoms with Gasteiger partial charge >= 0.3 is 0 Å². The molecular formula is C15H18N2. The van der Waals surface area contributed by atoms with Gasteiger partial charge < -0.3 is 5.32 Å². The minimum absolute atomic E-state index is 1.03. The van der Waals surface area contributed by atoms with Crippen LogP contribution in [0.2, 0.25) is 0 Å². The lowest BCUT2D eigenvalue weighted by Gasteiger charge is -2.08. The number of nitrogens with zero attached hydrogens (tertiary/aromatic N) is 1. The summed E-state index contributed by atoms with van der Waals surface area (Å²) < 4.78 is 0. The van der Waals surface area contributed by atoms with Gasteiger partial charge in [-0.25, -0.2) is 4.98 Å². The maximum Gasteiger partial charge on any atom is 0.133 e. The van der Waals surface area contributed by atoms with Crippen LogP contribution < -0.4 is 5.32 Å². The summed E-state index contributed by atoms with van der Waals surface area (Å²) in [5.74, 6) is 2.05. The summed E-state index contributed by atoms with van der Waals surface area (Å²) in [6, 6.07) is 10.5. The molecule has 1 aromatic carbocycles. The molecule has 0 bridgehead atoms. The summed E-state index contributed by atoms with van der Waals surface area (Å²) in [6.07, 6.45) is 7.41. The van der Waals surface area contributed by atoms with E-state index in [0.29, 0.717) is 0 Å². The van der Waals surface area contributed by atoms with Crippen molar-refractivity contribution in [2.75, 3.05) is 11.9 Å². The molecule has 88 valence electrons. The van der Waals surface area contributed by atoms with Gasteiger partial charge in [-0.15, -0.1) is 0 Å². The molecule has 0 saturated heterocycles. The zero-order valence-corrected chi connectivity index (χ0v) is 10.0. The summed E-state index contributed by atoms with van der Waals surface area (Å²) in [4.78, 5) is 4.43. The van der Waals surface area contributed by atoms with Crippen LogP contribution in [0.25, 0.3) is 10.8 Å². The second-order valence-electron chi connectivity index (χ2n) is 4.89. The van der Waals surface area contributed by atoms with E-state index in [1.807, 2.05) is 6.20 Å². The van der Waals surface area contributed by atoms with Crippen molar-refractivity contribution in [2.24, 2.45) is 5.92 Å². The molecule has 3 rings (SSSR count). The highest BCUT2D eigenvalue weighted by molar-refractivity contribution is 5.91. The Kier molecular flexibility index (Phi) is 2.95. The molecule has 2 nitrogen and oxygen atoms in total. The molecule has 0 spiro atoms. The van der Waals surface area contributed by atoms with Gasteiger partial charge in [0.25, 0.3) is 0 Å². The van der Waals surface area contributed by atoms with Crippen molar-refractivity contribution in [3.05, 3.63) is 36.5 Å². The summed E-state index contributed by atoms with van der Waals surface area (Å²) in [6.45, 7) is 1.04. The zero-order chi connectivity index (χ0) is 11.5. The molecule has 1 heterocycles. The van der Waals surface area contributed by atoms with Crippen molar-refractivity contribution in [1.82, 2.24) is 4.98 Å². The molecule has 0 atom stereocenters. The molecule has 1 saturated carbocycles. The molecule has 1 aromatic heterocycles. The number of pyridine rings is 1. The van der Waals surface area contributed by atoms with Crippen molar-refractivity contribution < 1.29 is 0 Å². The fourth-order valence-electron chi connectivity index (χ4n) is 2.26. The first-order valence-corrected chi connectivity index (χ1v) is 6.51. The number of hydrogen-bond donors (Lipinski definition) is 1. The van der Waals surface area contributed by atoms with Gasteiger partial charge in [-0.2, -0.15) is 0 Å². The summed E-state index contributed by atoms with van der Waals surface area (Å²) in [5.41, 5.74) is 0. The fourth-order valence-corrected chi connectivity index (χ4v) is 2.26. The third-order valence-corrected chi connectivity index (χ3v) is 3.45. The van der Waals surface area contributed by atoms with Gasteiger partial charge in [0.2, 0.25) is 0 Å². The van der Waals surface area contributed by atoms with Crippen molar-refractivity contribution in [3.8, 4) is 0 Å². The Morgan fingerprint density at radius 3 is 2.94 bits per heavy atom. The minimum Gasteiger partial charge on any atom is -0.370 e. The zero-order valence-electron chi connectivity index (χ0n) is 10.0. The molecule has 2 aromatic rings. The van der Waals surface area contributed by atoms with Crippen LogP contribution >= 0.6 is 0 Å². The lowest BCUT2D eigenvalue weighted by atomic mass is 10.1. The van der Waals surface area contributed by atoms with Crippen LogP contribution in [0.3, 0.4) is 0 Å². The summed E-state index contributed by atoms with van der Waals surface area (Å²) in [5, 5.41) is 5.94. The van der Waals surface area contributed by atoms with Crippen molar-refractivity contribution in [1.29, 1.82) is 0 Å². The standard InChI is InChI=1S/C15H18N2/c1-2-6-14-13(5-1)9-11-17-15(14)16-10-3-4-12-7-8-12/h1-2,5-6,9,11-12H,3-4,7-8,10H2,(H,16,17). The number of nitrogens with one attached hydrogen (secondary N) is 1. The Hall–Kier alpha value is -1.57. The van der Waals surface area contributed by atoms with E-state index in [9.17, 15) is 0 Å². The molecule has 17 heavy (non-hydrogen) atoms. The van der Waals surface area contributed by atoms with E-state index in [0.717, 1.165) is 18.3 Å². The van der Waals surface area contributed by atoms with Gasteiger partial charge in [0.1, 0.15) is 5.82 Å². The highest BCUT2D eigenvalue weighted by atomic mass is 15.0. The molecule has 0 radical (unpaired) electrons. The Balaban J connectivity index is 1.66. The quantitative estimate of drug-likeness (QED) is 0.783. The third kappa shape index (κ3) is 2.57. The van der Waals surface area contributed by atoms with E-state index >= 15 is 0 Å². The predicted molar refractivity (Wildman–Crippen MR) is 72.2 cm³/mol. The number of aromatic nitrogens is 1. The Labute approximate surface area is 102 Å². The van der Waals surface area contributed by atoms with Crippen molar-refractivity contribution >= 4 is 16.6 Å². The molecule has 1 N–H and O–H groups in total. The van der Waals surface area contributed by atoms with E-state index in [1.54, 1.807) is 0 Å². The number of rotatable bonds is 5. The second kappa shape index (κ2) is 4.74. The second-order valence-corrected chi connectivity index (χ2v) is 4.89.